The van der Waals surface area contributed by atoms with Crippen LogP contribution in [0.1, 0.15) is 32.6 Å². The number of benzene rings is 1. The number of hydrogen-bond donors (Lipinski definition) is 2. The van der Waals surface area contributed by atoms with Gasteiger partial charge in [0.05, 0.1) is 7.11 Å². The Labute approximate surface area is 119 Å². The molecule has 0 aliphatic heterocycles. The van der Waals surface area contributed by atoms with Crippen LogP contribution in [0, 0.1) is 0 Å². The molecule has 0 fully saturated rings. The number of anilines is 1. The number of methoxy groups -OCH3 is 1. The van der Waals surface area contributed by atoms with E-state index in [1.54, 1.807) is 7.11 Å². The van der Waals surface area contributed by atoms with Gasteiger partial charge in [0.25, 0.3) is 0 Å². The minimum Gasteiger partial charge on any atom is -0.497 e. The van der Waals surface area contributed by atoms with E-state index in [-0.39, 0.29) is 11.8 Å². The van der Waals surface area contributed by atoms with E-state index in [1.807, 2.05) is 24.3 Å². The van der Waals surface area contributed by atoms with Crippen molar-refractivity contribution >= 4 is 17.5 Å². The van der Waals surface area contributed by atoms with Crippen LogP contribution >= 0.6 is 0 Å². The monoisotopic (exact) mass is 278 g/mol. The van der Waals surface area contributed by atoms with Crippen LogP contribution in [0.15, 0.2) is 24.3 Å². The Hall–Kier alpha value is -2.04. The maximum Gasteiger partial charge on any atom is 0.224 e. The van der Waals surface area contributed by atoms with Crippen LogP contribution in [0.5, 0.6) is 5.75 Å². The van der Waals surface area contributed by atoms with Crippen molar-refractivity contribution in [2.45, 2.75) is 32.6 Å². The number of amides is 2. The fraction of sp³-hybridized carbons (Fsp3) is 0.467. The summed E-state index contributed by atoms with van der Waals surface area (Å²) in [5.41, 5.74) is 0.772. The van der Waals surface area contributed by atoms with Gasteiger partial charge in [-0.3, -0.25) is 9.59 Å². The zero-order valence-corrected chi connectivity index (χ0v) is 12.1. The van der Waals surface area contributed by atoms with E-state index >= 15 is 0 Å². The first-order valence-electron chi connectivity index (χ1n) is 6.80. The minimum atomic E-state index is -0.0118. The summed E-state index contributed by atoms with van der Waals surface area (Å²) in [6.45, 7) is 2.18. The first-order chi connectivity index (χ1) is 9.61. The number of carbonyl (C=O) groups excluding carboxylic acids is 2. The molecule has 0 saturated carbocycles. The molecule has 0 saturated heterocycles. The number of rotatable bonds is 8. The van der Waals surface area contributed by atoms with Crippen molar-refractivity contribution in [1.29, 1.82) is 0 Å². The van der Waals surface area contributed by atoms with Gasteiger partial charge in [-0.2, -0.15) is 0 Å². The molecule has 110 valence electrons. The lowest BCUT2D eigenvalue weighted by Gasteiger charge is -2.06. The van der Waals surface area contributed by atoms with Crippen LogP contribution in [-0.2, 0) is 9.59 Å². The maximum atomic E-state index is 11.7. The highest BCUT2D eigenvalue weighted by Crippen LogP contribution is 2.15. The Kier molecular flexibility index (Phi) is 7.17. The van der Waals surface area contributed by atoms with Gasteiger partial charge in [-0.25, -0.2) is 0 Å². The summed E-state index contributed by atoms with van der Waals surface area (Å²) < 4.78 is 5.05. The summed E-state index contributed by atoms with van der Waals surface area (Å²) in [5.74, 6) is 0.762. The van der Waals surface area contributed by atoms with Crippen LogP contribution in [0.25, 0.3) is 0 Å². The van der Waals surface area contributed by atoms with E-state index in [0.717, 1.165) is 30.7 Å². The van der Waals surface area contributed by atoms with E-state index in [9.17, 15) is 9.59 Å². The molecule has 0 spiro atoms. The predicted molar refractivity (Wildman–Crippen MR) is 78.8 cm³/mol. The van der Waals surface area contributed by atoms with Gasteiger partial charge in [-0.1, -0.05) is 6.42 Å². The van der Waals surface area contributed by atoms with E-state index in [4.69, 9.17) is 4.74 Å². The molecule has 0 aliphatic carbocycles. The van der Waals surface area contributed by atoms with Crippen molar-refractivity contribution < 1.29 is 14.3 Å². The average Bonchev–Trinajstić information content (AvgIpc) is 2.43. The summed E-state index contributed by atoms with van der Waals surface area (Å²) in [7, 11) is 1.61. The van der Waals surface area contributed by atoms with Gasteiger partial charge in [0.1, 0.15) is 5.75 Å². The van der Waals surface area contributed by atoms with Gasteiger partial charge in [-0.05, 0) is 37.1 Å². The van der Waals surface area contributed by atoms with E-state index < -0.39 is 0 Å². The predicted octanol–water partition coefficient (Wildman–Crippen LogP) is 2.33. The molecule has 0 unspecified atom stereocenters. The molecule has 2 amide bonds. The Morgan fingerprint density at radius 1 is 1.10 bits per heavy atom. The summed E-state index contributed by atoms with van der Waals surface area (Å²) in [6, 6.07) is 7.24. The molecule has 0 bridgehead atoms. The van der Waals surface area contributed by atoms with Crippen molar-refractivity contribution in [1.82, 2.24) is 5.32 Å². The number of unbranched alkanes of at least 4 members (excludes halogenated alkanes) is 2. The Morgan fingerprint density at radius 2 is 1.80 bits per heavy atom. The van der Waals surface area contributed by atoms with Crippen molar-refractivity contribution in [3.8, 4) is 5.75 Å². The normalized spacial score (nSPS) is 9.90. The molecule has 2 N–H and O–H groups in total. The Bertz CT molecular complexity index is 429. The first-order valence-corrected chi connectivity index (χ1v) is 6.80. The molecule has 0 aliphatic rings. The van der Waals surface area contributed by atoms with E-state index in [0.29, 0.717) is 13.0 Å². The number of carbonyl (C=O) groups is 2. The molecule has 5 heteroatoms. The third-order valence-electron chi connectivity index (χ3n) is 2.83. The standard InChI is InChI=1S/C15H22N2O3/c1-12(18)16-11-5-3-4-6-15(19)17-13-7-9-14(20-2)10-8-13/h7-10H,3-6,11H2,1-2H3,(H,16,18)(H,17,19). The van der Waals surface area contributed by atoms with Crippen LogP contribution in [0.4, 0.5) is 5.69 Å². The van der Waals surface area contributed by atoms with Gasteiger partial charge in [0, 0.05) is 25.6 Å². The largest absolute Gasteiger partial charge is 0.497 e. The van der Waals surface area contributed by atoms with E-state index in [1.165, 1.54) is 6.92 Å². The quantitative estimate of drug-likeness (QED) is 0.717. The molecular weight excluding hydrogens is 256 g/mol. The lowest BCUT2D eigenvalue weighted by molar-refractivity contribution is -0.119. The smallest absolute Gasteiger partial charge is 0.224 e. The fourth-order valence-corrected chi connectivity index (χ4v) is 1.75. The van der Waals surface area contributed by atoms with Crippen molar-refractivity contribution in [2.24, 2.45) is 0 Å². The summed E-state index contributed by atoms with van der Waals surface area (Å²) >= 11 is 0. The van der Waals surface area contributed by atoms with Crippen molar-refractivity contribution in [2.75, 3.05) is 19.0 Å². The highest BCUT2D eigenvalue weighted by Gasteiger charge is 2.02. The lowest BCUT2D eigenvalue weighted by atomic mass is 10.2. The zero-order chi connectivity index (χ0) is 14.8. The molecule has 0 atom stereocenters. The van der Waals surface area contributed by atoms with Crippen LogP contribution in [-0.4, -0.2) is 25.5 Å². The third-order valence-corrected chi connectivity index (χ3v) is 2.83. The van der Waals surface area contributed by atoms with Gasteiger partial charge < -0.3 is 15.4 Å². The molecule has 1 aromatic rings. The lowest BCUT2D eigenvalue weighted by Crippen LogP contribution is -2.20. The first kappa shape index (κ1) is 16.0. The second-order valence-corrected chi connectivity index (χ2v) is 4.57. The molecule has 0 heterocycles. The number of hydrogen-bond acceptors (Lipinski definition) is 3. The van der Waals surface area contributed by atoms with Gasteiger partial charge >= 0.3 is 0 Å². The molecule has 1 aromatic carbocycles. The van der Waals surface area contributed by atoms with Gasteiger partial charge in [0.2, 0.25) is 11.8 Å². The molecular formula is C15H22N2O3. The van der Waals surface area contributed by atoms with Crippen LogP contribution < -0.4 is 15.4 Å². The highest BCUT2D eigenvalue weighted by molar-refractivity contribution is 5.90. The Morgan fingerprint density at radius 3 is 2.40 bits per heavy atom. The minimum absolute atomic E-state index is 0.00898. The number of ether oxygens (including phenoxy) is 1. The second kappa shape index (κ2) is 8.96. The van der Waals surface area contributed by atoms with E-state index in [2.05, 4.69) is 10.6 Å². The second-order valence-electron chi connectivity index (χ2n) is 4.57. The summed E-state index contributed by atoms with van der Waals surface area (Å²) in [5, 5.41) is 5.57. The topological polar surface area (TPSA) is 67.4 Å². The molecule has 0 aromatic heterocycles. The van der Waals surface area contributed by atoms with Crippen LogP contribution in [0.3, 0.4) is 0 Å². The molecule has 1 rings (SSSR count). The highest BCUT2D eigenvalue weighted by atomic mass is 16.5. The fourth-order valence-electron chi connectivity index (χ4n) is 1.75. The van der Waals surface area contributed by atoms with Crippen molar-refractivity contribution in [3.05, 3.63) is 24.3 Å². The maximum absolute atomic E-state index is 11.7. The van der Waals surface area contributed by atoms with Crippen LogP contribution in [0.2, 0.25) is 0 Å². The molecule has 5 nitrogen and oxygen atoms in total. The van der Waals surface area contributed by atoms with Crippen molar-refractivity contribution in [3.63, 3.8) is 0 Å². The summed E-state index contributed by atoms with van der Waals surface area (Å²) in [4.78, 5) is 22.3. The molecule has 0 radical (unpaired) electrons. The summed E-state index contributed by atoms with van der Waals surface area (Å²) in [6.07, 6.45) is 3.14. The average molecular weight is 278 g/mol. The Balaban J connectivity index is 2.15. The SMILES string of the molecule is COc1ccc(NC(=O)CCCCCNC(C)=O)cc1. The number of nitrogens with one attached hydrogen (secondary N) is 2. The van der Waals surface area contributed by atoms with Gasteiger partial charge in [0.15, 0.2) is 0 Å². The third kappa shape index (κ3) is 6.78. The zero-order valence-electron chi connectivity index (χ0n) is 12.1. The van der Waals surface area contributed by atoms with Gasteiger partial charge in [-0.15, -0.1) is 0 Å². The molecule has 20 heavy (non-hydrogen) atoms.